The van der Waals surface area contributed by atoms with Gasteiger partial charge in [-0.1, -0.05) is 17.7 Å². The standard InChI is InChI=1S/C20H25ClN2O3S/c1-14-5-6-17(21)13-19(14)22-7-9-23(10-8-22)27(24,25)20-15(2)11-18(26-4)12-16(20)3/h5-6,11-13H,7-10H2,1-4H3. The second kappa shape index (κ2) is 7.70. The third-order valence-corrected chi connectivity index (χ3v) is 7.46. The fourth-order valence-electron chi connectivity index (χ4n) is 3.66. The van der Waals surface area contributed by atoms with E-state index in [1.807, 2.05) is 39.0 Å². The van der Waals surface area contributed by atoms with E-state index in [0.717, 1.165) is 11.3 Å². The Morgan fingerprint density at radius 1 is 0.926 bits per heavy atom. The number of aryl methyl sites for hydroxylation is 3. The summed E-state index contributed by atoms with van der Waals surface area (Å²) in [6.07, 6.45) is 0. The van der Waals surface area contributed by atoms with Crippen molar-refractivity contribution in [3.63, 3.8) is 0 Å². The minimum absolute atomic E-state index is 0.385. The number of rotatable bonds is 4. The molecule has 5 nitrogen and oxygen atoms in total. The Kier molecular flexibility index (Phi) is 5.70. The first-order valence-electron chi connectivity index (χ1n) is 8.90. The van der Waals surface area contributed by atoms with Gasteiger partial charge < -0.3 is 9.64 Å². The molecule has 0 amide bonds. The molecular formula is C20H25ClN2O3S. The second-order valence-corrected chi connectivity index (χ2v) is 9.22. The summed E-state index contributed by atoms with van der Waals surface area (Å²) >= 11 is 6.13. The van der Waals surface area contributed by atoms with Crippen LogP contribution in [-0.2, 0) is 10.0 Å². The fourth-order valence-corrected chi connectivity index (χ4v) is 5.66. The first kappa shape index (κ1) is 20.0. The third-order valence-electron chi connectivity index (χ3n) is 5.02. The molecule has 0 bridgehead atoms. The quantitative estimate of drug-likeness (QED) is 0.772. The van der Waals surface area contributed by atoms with Crippen molar-refractivity contribution in [1.82, 2.24) is 4.31 Å². The first-order chi connectivity index (χ1) is 12.7. The van der Waals surface area contributed by atoms with Gasteiger partial charge in [-0.25, -0.2) is 8.42 Å². The lowest BCUT2D eigenvalue weighted by Gasteiger charge is -2.36. The number of benzene rings is 2. The lowest BCUT2D eigenvalue weighted by atomic mass is 10.1. The number of methoxy groups -OCH3 is 1. The Balaban J connectivity index is 1.82. The average Bonchev–Trinajstić information content (AvgIpc) is 2.63. The van der Waals surface area contributed by atoms with Crippen molar-refractivity contribution < 1.29 is 13.2 Å². The maximum Gasteiger partial charge on any atom is 0.243 e. The molecule has 1 heterocycles. The number of piperazine rings is 1. The summed E-state index contributed by atoms with van der Waals surface area (Å²) < 4.78 is 33.3. The fraction of sp³-hybridized carbons (Fsp3) is 0.400. The smallest absolute Gasteiger partial charge is 0.243 e. The van der Waals surface area contributed by atoms with Gasteiger partial charge in [-0.15, -0.1) is 0 Å². The summed E-state index contributed by atoms with van der Waals surface area (Å²) in [6.45, 7) is 7.82. The summed E-state index contributed by atoms with van der Waals surface area (Å²) in [5.41, 5.74) is 3.62. The molecule has 1 aliphatic rings. The van der Waals surface area contributed by atoms with E-state index in [-0.39, 0.29) is 0 Å². The van der Waals surface area contributed by atoms with Crippen LogP contribution < -0.4 is 9.64 Å². The van der Waals surface area contributed by atoms with E-state index in [4.69, 9.17) is 16.3 Å². The number of anilines is 1. The summed E-state index contributed by atoms with van der Waals surface area (Å²) in [6, 6.07) is 9.34. The summed E-state index contributed by atoms with van der Waals surface area (Å²) in [5, 5.41) is 0.690. The maximum atomic E-state index is 13.2. The molecule has 1 saturated heterocycles. The van der Waals surface area contributed by atoms with Crippen LogP contribution in [0.25, 0.3) is 0 Å². The van der Waals surface area contributed by atoms with E-state index in [1.54, 1.807) is 23.5 Å². The van der Waals surface area contributed by atoms with Crippen molar-refractivity contribution in [2.24, 2.45) is 0 Å². The van der Waals surface area contributed by atoms with Crippen LogP contribution in [0, 0.1) is 20.8 Å². The van der Waals surface area contributed by atoms with Crippen LogP contribution in [0.1, 0.15) is 16.7 Å². The van der Waals surface area contributed by atoms with E-state index in [1.165, 1.54) is 0 Å². The Morgan fingerprint density at radius 3 is 2.07 bits per heavy atom. The monoisotopic (exact) mass is 408 g/mol. The van der Waals surface area contributed by atoms with Crippen LogP contribution in [0.3, 0.4) is 0 Å². The predicted octanol–water partition coefficient (Wildman–Crippen LogP) is 3.78. The molecule has 3 rings (SSSR count). The zero-order valence-corrected chi connectivity index (χ0v) is 17.7. The van der Waals surface area contributed by atoms with Gasteiger partial charge in [0.05, 0.1) is 12.0 Å². The minimum Gasteiger partial charge on any atom is -0.497 e. The molecule has 0 N–H and O–H groups in total. The van der Waals surface area contributed by atoms with E-state index in [9.17, 15) is 8.42 Å². The predicted molar refractivity (Wildman–Crippen MR) is 110 cm³/mol. The summed E-state index contributed by atoms with van der Waals surface area (Å²) in [4.78, 5) is 2.58. The van der Waals surface area contributed by atoms with Crippen molar-refractivity contribution in [1.29, 1.82) is 0 Å². The van der Waals surface area contributed by atoms with E-state index in [2.05, 4.69) is 4.90 Å². The van der Waals surface area contributed by atoms with Crippen LogP contribution in [0.5, 0.6) is 5.75 Å². The Hall–Kier alpha value is -1.76. The van der Waals surface area contributed by atoms with Gasteiger partial charge in [0.25, 0.3) is 0 Å². The first-order valence-corrected chi connectivity index (χ1v) is 10.7. The van der Waals surface area contributed by atoms with Crippen LogP contribution >= 0.6 is 11.6 Å². The van der Waals surface area contributed by atoms with Gasteiger partial charge in [0.1, 0.15) is 5.75 Å². The molecule has 0 atom stereocenters. The third kappa shape index (κ3) is 3.93. The molecule has 0 unspecified atom stereocenters. The van der Waals surface area contributed by atoms with E-state index in [0.29, 0.717) is 53.0 Å². The molecular weight excluding hydrogens is 384 g/mol. The molecule has 2 aromatic carbocycles. The number of sulfonamides is 1. The van der Waals surface area contributed by atoms with Crippen molar-refractivity contribution in [3.05, 3.63) is 52.0 Å². The van der Waals surface area contributed by atoms with E-state index >= 15 is 0 Å². The molecule has 0 aliphatic carbocycles. The zero-order valence-electron chi connectivity index (χ0n) is 16.1. The highest BCUT2D eigenvalue weighted by atomic mass is 35.5. The number of nitrogens with zero attached hydrogens (tertiary/aromatic N) is 2. The molecule has 0 radical (unpaired) electrons. The molecule has 1 aliphatic heterocycles. The topological polar surface area (TPSA) is 49.9 Å². The molecule has 1 fully saturated rings. The molecule has 2 aromatic rings. The van der Waals surface area contributed by atoms with Crippen molar-refractivity contribution in [3.8, 4) is 5.75 Å². The summed E-state index contributed by atoms with van der Waals surface area (Å²) in [5.74, 6) is 0.671. The van der Waals surface area contributed by atoms with Crippen molar-refractivity contribution in [2.75, 3.05) is 38.2 Å². The van der Waals surface area contributed by atoms with Crippen LogP contribution in [0.4, 0.5) is 5.69 Å². The van der Waals surface area contributed by atoms with Gasteiger partial charge in [0.15, 0.2) is 0 Å². The van der Waals surface area contributed by atoms with Crippen LogP contribution in [0.2, 0.25) is 5.02 Å². The zero-order chi connectivity index (χ0) is 19.8. The maximum absolute atomic E-state index is 13.2. The SMILES string of the molecule is COc1cc(C)c(S(=O)(=O)N2CCN(c3cc(Cl)ccc3C)CC2)c(C)c1. The molecule has 0 saturated carbocycles. The molecule has 0 spiro atoms. The number of halogens is 1. The lowest BCUT2D eigenvalue weighted by molar-refractivity contribution is 0.384. The second-order valence-electron chi connectivity index (χ2n) is 6.91. The van der Waals surface area contributed by atoms with Crippen LogP contribution in [0.15, 0.2) is 35.2 Å². The Labute approximate surface area is 166 Å². The molecule has 7 heteroatoms. The van der Waals surface area contributed by atoms with Gasteiger partial charge >= 0.3 is 0 Å². The van der Waals surface area contributed by atoms with Gasteiger partial charge in [0, 0.05) is 36.9 Å². The number of hydrogen-bond acceptors (Lipinski definition) is 4. The Morgan fingerprint density at radius 2 is 1.52 bits per heavy atom. The van der Waals surface area contributed by atoms with Gasteiger partial charge in [-0.3, -0.25) is 0 Å². The molecule has 146 valence electrons. The van der Waals surface area contributed by atoms with E-state index < -0.39 is 10.0 Å². The Bertz CT molecular complexity index is 929. The van der Waals surface area contributed by atoms with Crippen molar-refractivity contribution >= 4 is 27.3 Å². The number of ether oxygens (including phenoxy) is 1. The highest BCUT2D eigenvalue weighted by Gasteiger charge is 2.31. The van der Waals surface area contributed by atoms with Crippen molar-refractivity contribution in [2.45, 2.75) is 25.7 Å². The number of hydrogen-bond donors (Lipinski definition) is 0. The minimum atomic E-state index is -3.55. The van der Waals surface area contributed by atoms with Crippen LogP contribution in [-0.4, -0.2) is 46.0 Å². The largest absolute Gasteiger partial charge is 0.497 e. The van der Waals surface area contributed by atoms with Gasteiger partial charge in [-0.05, 0) is 61.7 Å². The van der Waals surface area contributed by atoms with Gasteiger partial charge in [0.2, 0.25) is 10.0 Å². The molecule has 0 aromatic heterocycles. The highest BCUT2D eigenvalue weighted by Crippen LogP contribution is 2.30. The summed E-state index contributed by atoms with van der Waals surface area (Å²) in [7, 11) is -1.96. The average molecular weight is 409 g/mol. The molecule has 27 heavy (non-hydrogen) atoms. The highest BCUT2D eigenvalue weighted by molar-refractivity contribution is 7.89. The normalized spacial score (nSPS) is 15.8. The lowest BCUT2D eigenvalue weighted by Crippen LogP contribution is -2.49. The van der Waals surface area contributed by atoms with Gasteiger partial charge in [-0.2, -0.15) is 4.31 Å².